The molecular formula is C15H8F2NO4-. The van der Waals surface area contributed by atoms with Crippen molar-refractivity contribution in [3.05, 3.63) is 48.0 Å². The molecule has 0 saturated heterocycles. The Morgan fingerprint density at radius 2 is 1.95 bits per heavy atom. The second-order valence-electron chi connectivity index (χ2n) is 4.45. The van der Waals surface area contributed by atoms with Crippen molar-refractivity contribution < 1.29 is 27.9 Å². The van der Waals surface area contributed by atoms with E-state index in [0.29, 0.717) is 5.39 Å². The Labute approximate surface area is 122 Å². The average molecular weight is 304 g/mol. The van der Waals surface area contributed by atoms with Gasteiger partial charge in [-0.1, -0.05) is 11.2 Å². The number of aromatic nitrogens is 1. The number of benzene rings is 2. The van der Waals surface area contributed by atoms with Crippen LogP contribution in [0, 0.1) is 11.6 Å². The van der Waals surface area contributed by atoms with Crippen molar-refractivity contribution in [2.24, 2.45) is 0 Å². The van der Waals surface area contributed by atoms with Crippen LogP contribution in [-0.4, -0.2) is 17.7 Å². The van der Waals surface area contributed by atoms with Gasteiger partial charge in [-0.3, -0.25) is 0 Å². The highest BCUT2D eigenvalue weighted by Crippen LogP contribution is 2.33. The van der Waals surface area contributed by atoms with E-state index >= 15 is 0 Å². The number of ether oxygens (including phenoxy) is 1. The van der Waals surface area contributed by atoms with E-state index in [4.69, 9.17) is 9.26 Å². The van der Waals surface area contributed by atoms with Gasteiger partial charge >= 0.3 is 0 Å². The largest absolute Gasteiger partial charge is 0.546 e. The van der Waals surface area contributed by atoms with E-state index < -0.39 is 24.2 Å². The Hall–Kier alpha value is -2.96. The number of carboxylic acids is 1. The van der Waals surface area contributed by atoms with Crippen molar-refractivity contribution in [2.75, 3.05) is 6.61 Å². The second-order valence-corrected chi connectivity index (χ2v) is 4.45. The van der Waals surface area contributed by atoms with Gasteiger partial charge in [0.2, 0.25) is 0 Å². The smallest absolute Gasteiger partial charge is 0.171 e. The van der Waals surface area contributed by atoms with Crippen molar-refractivity contribution in [3.8, 4) is 17.0 Å². The topological polar surface area (TPSA) is 75.4 Å². The fourth-order valence-corrected chi connectivity index (χ4v) is 2.05. The Bertz CT molecular complexity index is 840. The molecule has 0 N–H and O–H groups in total. The number of carbonyl (C=O) groups excluding carboxylic acids is 1. The molecular weight excluding hydrogens is 296 g/mol. The molecule has 0 aliphatic carbocycles. The van der Waals surface area contributed by atoms with Crippen LogP contribution in [0.5, 0.6) is 5.75 Å². The molecule has 0 unspecified atom stereocenters. The van der Waals surface area contributed by atoms with E-state index in [1.165, 1.54) is 24.3 Å². The Morgan fingerprint density at radius 1 is 1.23 bits per heavy atom. The van der Waals surface area contributed by atoms with Crippen LogP contribution in [0.2, 0.25) is 0 Å². The molecule has 5 nitrogen and oxygen atoms in total. The Balaban J connectivity index is 2.04. The maximum Gasteiger partial charge on any atom is 0.171 e. The minimum absolute atomic E-state index is 0.0250. The first-order valence-corrected chi connectivity index (χ1v) is 6.22. The minimum atomic E-state index is -1.37. The van der Waals surface area contributed by atoms with E-state index in [1.54, 1.807) is 0 Å². The number of hydrogen-bond donors (Lipinski definition) is 0. The van der Waals surface area contributed by atoms with E-state index in [0.717, 1.165) is 12.1 Å². The third kappa shape index (κ3) is 2.48. The van der Waals surface area contributed by atoms with Crippen LogP contribution in [0.15, 0.2) is 40.9 Å². The van der Waals surface area contributed by atoms with Gasteiger partial charge in [-0.05, 0) is 24.3 Å². The molecule has 112 valence electrons. The molecule has 3 rings (SSSR count). The zero-order valence-corrected chi connectivity index (χ0v) is 11.0. The third-order valence-electron chi connectivity index (χ3n) is 3.00. The van der Waals surface area contributed by atoms with E-state index in [1.807, 2.05) is 0 Å². The highest BCUT2D eigenvalue weighted by atomic mass is 19.1. The van der Waals surface area contributed by atoms with E-state index in [9.17, 15) is 18.7 Å². The van der Waals surface area contributed by atoms with Gasteiger partial charge in [-0.25, -0.2) is 8.78 Å². The van der Waals surface area contributed by atoms with Gasteiger partial charge in [0.1, 0.15) is 29.7 Å². The van der Waals surface area contributed by atoms with Gasteiger partial charge in [0.25, 0.3) is 0 Å². The lowest BCUT2D eigenvalue weighted by Gasteiger charge is -2.06. The SMILES string of the molecule is O=C([O-])COc1ccc2c(-c3c(F)cccc3F)noc2c1. The lowest BCUT2D eigenvalue weighted by Crippen LogP contribution is -2.28. The molecule has 1 aromatic heterocycles. The molecule has 0 amide bonds. The standard InChI is InChI=1S/C15H9F2NO4/c16-10-2-1-3-11(17)14(10)15-9-5-4-8(21-7-13(19)20)6-12(9)22-18-15/h1-6H,7H2,(H,19,20)/p-1. The van der Waals surface area contributed by atoms with Gasteiger partial charge in [0.05, 0.1) is 16.9 Å². The highest BCUT2D eigenvalue weighted by Gasteiger charge is 2.18. The summed E-state index contributed by atoms with van der Waals surface area (Å²) in [6, 6.07) is 7.81. The molecule has 22 heavy (non-hydrogen) atoms. The van der Waals surface area contributed by atoms with Crippen LogP contribution < -0.4 is 9.84 Å². The molecule has 0 spiro atoms. The second kappa shape index (κ2) is 5.44. The number of fused-ring (bicyclic) bond motifs is 1. The quantitative estimate of drug-likeness (QED) is 0.736. The molecule has 7 heteroatoms. The summed E-state index contributed by atoms with van der Waals surface area (Å²) in [7, 11) is 0. The average Bonchev–Trinajstić information content (AvgIpc) is 2.88. The fourth-order valence-electron chi connectivity index (χ4n) is 2.05. The predicted molar refractivity (Wildman–Crippen MR) is 69.9 cm³/mol. The lowest BCUT2D eigenvalue weighted by atomic mass is 10.1. The molecule has 0 aliphatic heterocycles. The summed E-state index contributed by atoms with van der Waals surface area (Å²) in [6.07, 6.45) is 0. The predicted octanol–water partition coefficient (Wildman–Crippen LogP) is 1.90. The van der Waals surface area contributed by atoms with Crippen LogP contribution >= 0.6 is 0 Å². The molecule has 0 radical (unpaired) electrons. The van der Waals surface area contributed by atoms with Gasteiger partial charge in [-0.2, -0.15) is 0 Å². The molecule has 2 aromatic carbocycles. The summed E-state index contributed by atoms with van der Waals surface area (Å²) in [5.41, 5.74) is -0.0461. The molecule has 3 aromatic rings. The first kappa shape index (κ1) is 14.0. The van der Waals surface area contributed by atoms with Crippen LogP contribution in [0.4, 0.5) is 8.78 Å². The highest BCUT2D eigenvalue weighted by molar-refractivity contribution is 5.92. The maximum absolute atomic E-state index is 13.8. The summed E-state index contributed by atoms with van der Waals surface area (Å²) in [4.78, 5) is 10.3. The zero-order chi connectivity index (χ0) is 15.7. The van der Waals surface area contributed by atoms with Crippen molar-refractivity contribution >= 4 is 16.9 Å². The fraction of sp³-hybridized carbons (Fsp3) is 0.0667. The summed E-state index contributed by atoms with van der Waals surface area (Å²) < 4.78 is 37.6. The van der Waals surface area contributed by atoms with Gasteiger partial charge < -0.3 is 19.2 Å². The van der Waals surface area contributed by atoms with Crippen LogP contribution in [0.25, 0.3) is 22.2 Å². The summed E-state index contributed by atoms with van der Waals surface area (Å²) in [6.45, 7) is -0.617. The van der Waals surface area contributed by atoms with Crippen LogP contribution in [-0.2, 0) is 4.79 Å². The van der Waals surface area contributed by atoms with E-state index in [-0.39, 0.29) is 22.6 Å². The minimum Gasteiger partial charge on any atom is -0.546 e. The van der Waals surface area contributed by atoms with Crippen LogP contribution in [0.1, 0.15) is 0 Å². The number of carbonyl (C=O) groups is 1. The Morgan fingerprint density at radius 3 is 2.64 bits per heavy atom. The first-order valence-electron chi connectivity index (χ1n) is 6.22. The molecule has 0 aliphatic rings. The molecule has 0 atom stereocenters. The first-order chi connectivity index (χ1) is 10.6. The van der Waals surface area contributed by atoms with Gasteiger partial charge in [0.15, 0.2) is 5.58 Å². The van der Waals surface area contributed by atoms with Crippen molar-refractivity contribution in [1.29, 1.82) is 0 Å². The number of halogens is 2. The molecule has 0 bridgehead atoms. The van der Waals surface area contributed by atoms with Gasteiger partial charge in [0, 0.05) is 6.07 Å². The summed E-state index contributed by atoms with van der Waals surface area (Å²) in [5, 5.41) is 14.4. The summed E-state index contributed by atoms with van der Waals surface area (Å²) in [5.74, 6) is -2.67. The number of carboxylic acid groups (broad SMARTS) is 1. The normalized spacial score (nSPS) is 10.8. The number of aliphatic carboxylic acids is 1. The van der Waals surface area contributed by atoms with E-state index in [2.05, 4.69) is 5.16 Å². The summed E-state index contributed by atoms with van der Waals surface area (Å²) >= 11 is 0. The van der Waals surface area contributed by atoms with Crippen LogP contribution in [0.3, 0.4) is 0 Å². The molecule has 1 heterocycles. The lowest BCUT2D eigenvalue weighted by molar-refractivity contribution is -0.307. The zero-order valence-electron chi connectivity index (χ0n) is 11.0. The van der Waals surface area contributed by atoms with Gasteiger partial charge in [-0.15, -0.1) is 0 Å². The van der Waals surface area contributed by atoms with Crippen molar-refractivity contribution in [3.63, 3.8) is 0 Å². The number of rotatable bonds is 4. The Kier molecular flexibility index (Phi) is 3.46. The van der Waals surface area contributed by atoms with Crippen molar-refractivity contribution in [1.82, 2.24) is 5.16 Å². The third-order valence-corrected chi connectivity index (χ3v) is 3.00. The molecule has 0 saturated carbocycles. The number of nitrogens with zero attached hydrogens (tertiary/aromatic N) is 1. The van der Waals surface area contributed by atoms with Crippen molar-refractivity contribution in [2.45, 2.75) is 0 Å². The monoisotopic (exact) mass is 304 g/mol. The maximum atomic E-state index is 13.8. The molecule has 0 fully saturated rings. The number of hydrogen-bond acceptors (Lipinski definition) is 5.